The van der Waals surface area contributed by atoms with E-state index in [1.807, 2.05) is 13.0 Å². The van der Waals surface area contributed by atoms with Crippen LogP contribution in [-0.2, 0) is 27.7 Å². The molecule has 0 aliphatic rings. The van der Waals surface area contributed by atoms with Crippen LogP contribution in [0.25, 0.3) is 10.9 Å². The number of nitrogens with two attached hydrogens (primary N) is 1. The third-order valence-corrected chi connectivity index (χ3v) is 6.50. The summed E-state index contributed by atoms with van der Waals surface area (Å²) in [6.07, 6.45) is 0. The summed E-state index contributed by atoms with van der Waals surface area (Å²) < 4.78 is 28.4. The van der Waals surface area contributed by atoms with Crippen LogP contribution in [-0.4, -0.2) is 24.1 Å². The highest BCUT2D eigenvalue weighted by molar-refractivity contribution is 7.91. The summed E-state index contributed by atoms with van der Waals surface area (Å²) in [4.78, 5) is 11.6. The summed E-state index contributed by atoms with van der Waals surface area (Å²) in [7, 11) is -3.86. The SMILES string of the molecule is Cc1ccc2c(c1)c(S(=O)(=O)c1ccccc1CN)c(C)n2CC(=O)O. The Kier molecular flexibility index (Phi) is 4.60. The molecule has 0 radical (unpaired) electrons. The van der Waals surface area contributed by atoms with Crippen molar-refractivity contribution in [2.24, 2.45) is 5.73 Å². The van der Waals surface area contributed by atoms with Crippen molar-refractivity contribution in [2.75, 3.05) is 0 Å². The smallest absolute Gasteiger partial charge is 0.323 e. The molecule has 0 amide bonds. The second-order valence-corrected chi connectivity index (χ2v) is 8.09. The van der Waals surface area contributed by atoms with Gasteiger partial charge in [-0.05, 0) is 37.6 Å². The molecule has 1 aromatic heterocycles. The Bertz CT molecular complexity index is 1110. The molecule has 3 aromatic rings. The molecule has 26 heavy (non-hydrogen) atoms. The maximum atomic E-state index is 13.4. The summed E-state index contributed by atoms with van der Waals surface area (Å²) in [5, 5.41) is 9.75. The Morgan fingerprint density at radius 3 is 2.50 bits per heavy atom. The quantitative estimate of drug-likeness (QED) is 0.717. The second-order valence-electron chi connectivity index (χ2n) is 6.23. The molecule has 3 N–H and O–H groups in total. The van der Waals surface area contributed by atoms with Crippen LogP contribution in [0.4, 0.5) is 0 Å². The zero-order chi connectivity index (χ0) is 19.1. The van der Waals surface area contributed by atoms with E-state index in [1.165, 1.54) is 10.6 Å². The first kappa shape index (κ1) is 18.2. The van der Waals surface area contributed by atoms with Gasteiger partial charge in [-0.15, -0.1) is 0 Å². The van der Waals surface area contributed by atoms with Crippen LogP contribution in [0.1, 0.15) is 16.8 Å². The number of benzene rings is 2. The number of carboxylic acid groups (broad SMARTS) is 1. The minimum absolute atomic E-state index is 0.0985. The van der Waals surface area contributed by atoms with Gasteiger partial charge in [-0.2, -0.15) is 0 Å². The third kappa shape index (κ3) is 2.89. The molecule has 6 nitrogen and oxygen atoms in total. The highest BCUT2D eigenvalue weighted by Gasteiger charge is 2.29. The predicted molar refractivity (Wildman–Crippen MR) is 98.8 cm³/mol. The van der Waals surface area contributed by atoms with Gasteiger partial charge in [0.05, 0.1) is 10.4 Å². The number of nitrogens with zero attached hydrogens (tertiary/aromatic N) is 1. The molecule has 0 saturated heterocycles. The molecule has 0 unspecified atom stereocenters. The second kappa shape index (κ2) is 6.59. The highest BCUT2D eigenvalue weighted by atomic mass is 32.2. The summed E-state index contributed by atoms with van der Waals surface area (Å²) in [5.41, 5.74) is 8.13. The van der Waals surface area contributed by atoms with E-state index in [0.29, 0.717) is 22.2 Å². The molecule has 3 rings (SSSR count). The first-order chi connectivity index (χ1) is 12.3. The van der Waals surface area contributed by atoms with E-state index in [-0.39, 0.29) is 22.9 Å². The van der Waals surface area contributed by atoms with Crippen LogP contribution >= 0.6 is 0 Å². The number of aromatic nitrogens is 1. The fourth-order valence-electron chi connectivity index (χ4n) is 3.29. The lowest BCUT2D eigenvalue weighted by molar-refractivity contribution is -0.137. The van der Waals surface area contributed by atoms with E-state index in [0.717, 1.165) is 5.56 Å². The minimum Gasteiger partial charge on any atom is -0.480 e. The van der Waals surface area contributed by atoms with Gasteiger partial charge in [0.2, 0.25) is 9.84 Å². The number of aryl methyl sites for hydroxylation is 1. The molecule has 0 spiro atoms. The van der Waals surface area contributed by atoms with Crippen LogP contribution < -0.4 is 5.73 Å². The first-order valence-electron chi connectivity index (χ1n) is 8.11. The molecule has 0 aliphatic heterocycles. The van der Waals surface area contributed by atoms with E-state index in [9.17, 15) is 18.3 Å². The van der Waals surface area contributed by atoms with Crippen LogP contribution in [0.3, 0.4) is 0 Å². The Labute approximate surface area is 151 Å². The normalized spacial score (nSPS) is 11.8. The molecule has 0 saturated carbocycles. The monoisotopic (exact) mass is 372 g/mol. The van der Waals surface area contributed by atoms with E-state index in [4.69, 9.17) is 5.73 Å². The average molecular weight is 372 g/mol. The molecular weight excluding hydrogens is 352 g/mol. The fourth-order valence-corrected chi connectivity index (χ4v) is 5.21. The number of carbonyl (C=O) groups is 1. The van der Waals surface area contributed by atoms with Crippen molar-refractivity contribution >= 4 is 26.7 Å². The van der Waals surface area contributed by atoms with Gasteiger partial charge < -0.3 is 15.4 Å². The Morgan fingerprint density at radius 2 is 1.85 bits per heavy atom. The molecule has 0 bridgehead atoms. The van der Waals surface area contributed by atoms with Gasteiger partial charge in [0.25, 0.3) is 0 Å². The van der Waals surface area contributed by atoms with Crippen molar-refractivity contribution in [3.8, 4) is 0 Å². The van der Waals surface area contributed by atoms with Gasteiger partial charge in [-0.3, -0.25) is 4.79 Å². The van der Waals surface area contributed by atoms with E-state index >= 15 is 0 Å². The maximum absolute atomic E-state index is 13.4. The highest BCUT2D eigenvalue weighted by Crippen LogP contribution is 2.35. The van der Waals surface area contributed by atoms with E-state index in [1.54, 1.807) is 37.3 Å². The van der Waals surface area contributed by atoms with Crippen LogP contribution in [0, 0.1) is 13.8 Å². The zero-order valence-electron chi connectivity index (χ0n) is 14.6. The Hall–Kier alpha value is -2.64. The summed E-state index contributed by atoms with van der Waals surface area (Å²) in [5.74, 6) is -1.03. The van der Waals surface area contributed by atoms with Crippen molar-refractivity contribution < 1.29 is 18.3 Å². The number of carboxylic acids is 1. The van der Waals surface area contributed by atoms with Gasteiger partial charge in [-0.1, -0.05) is 29.8 Å². The van der Waals surface area contributed by atoms with Crippen molar-refractivity contribution in [3.63, 3.8) is 0 Å². The average Bonchev–Trinajstić information content (AvgIpc) is 2.86. The number of sulfone groups is 1. The number of hydrogen-bond acceptors (Lipinski definition) is 4. The first-order valence-corrected chi connectivity index (χ1v) is 9.60. The zero-order valence-corrected chi connectivity index (χ0v) is 15.4. The van der Waals surface area contributed by atoms with Crippen molar-refractivity contribution in [3.05, 3.63) is 59.3 Å². The Balaban J connectivity index is 2.39. The predicted octanol–water partition coefficient (Wildman–Crippen LogP) is 2.63. The number of aliphatic carboxylic acids is 1. The van der Waals surface area contributed by atoms with Gasteiger partial charge in [0.1, 0.15) is 11.4 Å². The molecule has 7 heteroatoms. The minimum atomic E-state index is -3.86. The van der Waals surface area contributed by atoms with Crippen LogP contribution in [0.2, 0.25) is 0 Å². The molecule has 1 heterocycles. The van der Waals surface area contributed by atoms with E-state index in [2.05, 4.69) is 0 Å². The Morgan fingerprint density at radius 1 is 1.15 bits per heavy atom. The van der Waals surface area contributed by atoms with Crippen molar-refractivity contribution in [1.29, 1.82) is 0 Å². The molecule has 2 aromatic carbocycles. The van der Waals surface area contributed by atoms with Crippen molar-refractivity contribution in [2.45, 2.75) is 36.7 Å². The standard InChI is InChI=1S/C19H20N2O4S/c1-12-7-8-16-15(9-12)19(13(2)21(16)11-18(22)23)26(24,25)17-6-4-3-5-14(17)10-20/h3-9H,10-11,20H2,1-2H3,(H,22,23). The molecule has 0 fully saturated rings. The molecule has 136 valence electrons. The molecule has 0 aliphatic carbocycles. The number of rotatable bonds is 5. The van der Waals surface area contributed by atoms with Gasteiger partial charge >= 0.3 is 5.97 Å². The maximum Gasteiger partial charge on any atom is 0.323 e. The van der Waals surface area contributed by atoms with Crippen molar-refractivity contribution in [1.82, 2.24) is 4.57 Å². The lowest BCUT2D eigenvalue weighted by atomic mass is 10.2. The fraction of sp³-hybridized carbons (Fsp3) is 0.211. The third-order valence-electron chi connectivity index (χ3n) is 4.47. The topological polar surface area (TPSA) is 102 Å². The lowest BCUT2D eigenvalue weighted by Crippen LogP contribution is -2.12. The number of fused-ring (bicyclic) bond motifs is 1. The van der Waals surface area contributed by atoms with E-state index < -0.39 is 15.8 Å². The summed E-state index contributed by atoms with van der Waals surface area (Å²) in [6.45, 7) is 3.30. The summed E-state index contributed by atoms with van der Waals surface area (Å²) >= 11 is 0. The summed E-state index contributed by atoms with van der Waals surface area (Å²) in [6, 6.07) is 12.0. The van der Waals surface area contributed by atoms with Gasteiger partial charge in [-0.25, -0.2) is 8.42 Å². The molecular formula is C19H20N2O4S. The lowest BCUT2D eigenvalue weighted by Gasteiger charge is -2.10. The number of hydrogen-bond donors (Lipinski definition) is 2. The van der Waals surface area contributed by atoms with Crippen LogP contribution in [0.15, 0.2) is 52.3 Å². The van der Waals surface area contributed by atoms with Gasteiger partial charge in [0.15, 0.2) is 0 Å². The molecule has 0 atom stereocenters. The van der Waals surface area contributed by atoms with Crippen LogP contribution in [0.5, 0.6) is 0 Å². The van der Waals surface area contributed by atoms with Gasteiger partial charge in [0, 0.05) is 17.6 Å². The largest absolute Gasteiger partial charge is 0.480 e.